The van der Waals surface area contributed by atoms with E-state index < -0.39 is 78.9 Å². The molecule has 0 radical (unpaired) electrons. The van der Waals surface area contributed by atoms with Gasteiger partial charge in [0, 0.05) is 73.5 Å². The van der Waals surface area contributed by atoms with E-state index in [9.17, 15) is 54.0 Å². The molecule has 24 heteroatoms. The highest BCUT2D eigenvalue weighted by molar-refractivity contribution is 8.76. The van der Waals surface area contributed by atoms with Crippen LogP contribution in [-0.4, -0.2) is 171 Å². The van der Waals surface area contributed by atoms with Crippen LogP contribution in [0.4, 0.5) is 0 Å². The van der Waals surface area contributed by atoms with E-state index in [0.717, 1.165) is 36.0 Å². The van der Waals surface area contributed by atoms with E-state index in [1.807, 2.05) is 30.3 Å². The van der Waals surface area contributed by atoms with Crippen molar-refractivity contribution < 1.29 is 73.3 Å². The average Bonchev–Trinajstić information content (AvgIpc) is 3.37. The van der Waals surface area contributed by atoms with Crippen LogP contribution in [0.3, 0.4) is 0 Å². The Balaban J connectivity index is 1.27. The van der Waals surface area contributed by atoms with E-state index in [2.05, 4.69) is 33.5 Å². The van der Waals surface area contributed by atoms with Gasteiger partial charge >= 0.3 is 11.9 Å². The molecular formula is C49H65N5O15S4. The highest BCUT2D eigenvalue weighted by Gasteiger charge is 2.55. The van der Waals surface area contributed by atoms with E-state index in [1.54, 1.807) is 36.0 Å². The number of hydrogen-bond donors (Lipinski definition) is 10. The lowest BCUT2D eigenvalue weighted by atomic mass is 9.88. The molecule has 0 spiro atoms. The van der Waals surface area contributed by atoms with Crippen LogP contribution >= 0.6 is 45.1 Å². The first-order valence-corrected chi connectivity index (χ1v) is 28.4. The summed E-state index contributed by atoms with van der Waals surface area (Å²) >= 11 is 3.12. The third-order valence-electron chi connectivity index (χ3n) is 10.8. The number of aliphatic hydroxyl groups excluding tert-OH is 3. The van der Waals surface area contributed by atoms with Gasteiger partial charge in [-0.25, -0.2) is 4.79 Å². The van der Waals surface area contributed by atoms with E-state index in [4.69, 9.17) is 19.3 Å². The number of hydrogen-bond acceptors (Lipinski definition) is 17. The molecule has 1 heterocycles. The number of ether oxygens (including phenoxy) is 3. The summed E-state index contributed by atoms with van der Waals surface area (Å²) in [5.74, 6) is -3.92. The van der Waals surface area contributed by atoms with Crippen LogP contribution in [0.2, 0.25) is 0 Å². The van der Waals surface area contributed by atoms with E-state index >= 15 is 0 Å². The normalized spacial score (nSPS) is 18.1. The Labute approximate surface area is 440 Å². The van der Waals surface area contributed by atoms with Crippen LogP contribution in [-0.2, 0) is 28.7 Å². The van der Waals surface area contributed by atoms with Crippen molar-refractivity contribution >= 4 is 86.6 Å². The van der Waals surface area contributed by atoms with E-state index in [-0.39, 0.29) is 73.4 Å². The molecule has 1 saturated heterocycles. The zero-order valence-corrected chi connectivity index (χ0v) is 43.8. The van der Waals surface area contributed by atoms with Crippen LogP contribution in [0.25, 0.3) is 11.1 Å². The Morgan fingerprint density at radius 1 is 0.753 bits per heavy atom. The Hall–Kier alpha value is -5.05. The maximum Gasteiger partial charge on any atom is 0.364 e. The quantitative estimate of drug-likeness (QED) is 0.0237. The first kappa shape index (κ1) is 60.5. The molecule has 0 unspecified atom stereocenters. The van der Waals surface area contributed by atoms with Gasteiger partial charge < -0.3 is 66.3 Å². The molecule has 3 aromatic rings. The summed E-state index contributed by atoms with van der Waals surface area (Å²) in [6.45, 7) is 2.89. The van der Waals surface area contributed by atoms with Gasteiger partial charge in [0.15, 0.2) is 6.73 Å². The number of benzene rings is 3. The van der Waals surface area contributed by atoms with Gasteiger partial charge in [-0.05, 0) is 65.8 Å². The fourth-order valence-corrected chi connectivity index (χ4v) is 10.6. The number of rotatable bonds is 33. The lowest BCUT2D eigenvalue weighted by Gasteiger charge is -2.46. The van der Waals surface area contributed by atoms with Gasteiger partial charge in [-0.1, -0.05) is 71.0 Å². The van der Waals surface area contributed by atoms with Gasteiger partial charge in [-0.15, -0.1) is 0 Å². The van der Waals surface area contributed by atoms with Crippen molar-refractivity contribution in [1.29, 1.82) is 0 Å². The molecule has 1 aliphatic rings. The topological polar surface area (TPSA) is 308 Å². The third kappa shape index (κ3) is 20.6. The number of amides is 5. The number of nitrogens with one attached hydrogen (secondary N) is 5. The molecule has 1 fully saturated rings. The summed E-state index contributed by atoms with van der Waals surface area (Å²) in [5.41, 5.74) is 2.48. The largest absolute Gasteiger partial charge is 0.481 e. The summed E-state index contributed by atoms with van der Waals surface area (Å²) < 4.78 is 17.4. The number of aliphatic carboxylic acids is 2. The molecule has 3 aromatic carbocycles. The smallest absolute Gasteiger partial charge is 0.364 e. The maximum atomic E-state index is 13.4. The SMILES string of the molecule is CCCSCCNC(=O)c1ccc(C(=O)NCCSCCCO[C@]2(C(=O)O)C[C@H](O)[C@@H](NC(C)=O)[C@H]([C@H](O)[C@H](O)CNC(=O)c3ccc(-c4ccccc4)cc3)O2)c(OCNC(=O)CCSSCCC(=O)O)c1. The molecule has 1 aliphatic heterocycles. The van der Waals surface area contributed by atoms with Gasteiger partial charge in [-0.2, -0.15) is 23.5 Å². The standard InChI is InChI=1S/C49H65N5O15S4/c1-3-21-70-25-18-50-46(63)35-14-15-36(39(27-35)67-30-53-40(58)16-23-72-73-24-17-41(59)60)47(64)51-19-26-71-22-7-20-68-49(48(65)66)28-37(56)42(54-31(2)55)44(69-49)43(61)38(57)29-52-45(62)34-12-10-33(11-13-34)32-8-5-4-6-9-32/h4-6,8-15,27,37-38,42-44,56-57,61H,3,7,16-26,28-30H2,1-2H3,(H,50,63)(H,51,64)(H,52,62)(H,53,58)(H,54,55)(H,59,60)(H,65,66)/t37-,38+,42+,43+,44+,49+/m0/s1. The van der Waals surface area contributed by atoms with Gasteiger partial charge in [0.05, 0.1) is 36.8 Å². The Morgan fingerprint density at radius 2 is 1.38 bits per heavy atom. The zero-order valence-electron chi connectivity index (χ0n) is 40.6. The second kappa shape index (κ2) is 32.3. The number of carboxylic acids is 2. The summed E-state index contributed by atoms with van der Waals surface area (Å²) in [6, 6.07) is 19.3. The number of aliphatic hydroxyl groups is 3. The second-order valence-corrected chi connectivity index (χ2v) is 21.6. The predicted octanol–water partition coefficient (Wildman–Crippen LogP) is 3.38. The fraction of sp³-hybridized carbons (Fsp3) is 0.490. The fourth-order valence-electron chi connectivity index (χ4n) is 7.09. The first-order valence-electron chi connectivity index (χ1n) is 23.6. The highest BCUT2D eigenvalue weighted by Crippen LogP contribution is 2.34. The molecule has 0 bridgehead atoms. The molecule has 5 amide bonds. The predicted molar refractivity (Wildman–Crippen MR) is 282 cm³/mol. The van der Waals surface area contributed by atoms with Crippen LogP contribution in [0.5, 0.6) is 5.75 Å². The average molecular weight is 1090 g/mol. The lowest BCUT2D eigenvalue weighted by molar-refractivity contribution is -0.310. The zero-order chi connectivity index (χ0) is 53.2. The molecule has 400 valence electrons. The minimum Gasteiger partial charge on any atom is -0.481 e. The van der Waals surface area contributed by atoms with Crippen molar-refractivity contribution in [3.63, 3.8) is 0 Å². The van der Waals surface area contributed by atoms with Crippen LogP contribution in [0.15, 0.2) is 72.8 Å². The summed E-state index contributed by atoms with van der Waals surface area (Å²) in [4.78, 5) is 87.3. The highest BCUT2D eigenvalue weighted by atomic mass is 33.1. The van der Waals surface area contributed by atoms with Crippen molar-refractivity contribution in [1.82, 2.24) is 26.6 Å². The van der Waals surface area contributed by atoms with Gasteiger partial charge in [0.1, 0.15) is 18.0 Å². The monoisotopic (exact) mass is 1090 g/mol. The Kier molecular flexibility index (Phi) is 26.8. The molecule has 0 aliphatic carbocycles. The molecule has 73 heavy (non-hydrogen) atoms. The van der Waals surface area contributed by atoms with Gasteiger partial charge in [-0.3, -0.25) is 28.8 Å². The Morgan fingerprint density at radius 3 is 2.04 bits per heavy atom. The molecule has 0 aromatic heterocycles. The van der Waals surface area contributed by atoms with Gasteiger partial charge in [0.25, 0.3) is 23.5 Å². The van der Waals surface area contributed by atoms with Gasteiger partial charge in [0.2, 0.25) is 11.8 Å². The molecule has 10 N–H and O–H groups in total. The van der Waals surface area contributed by atoms with Crippen molar-refractivity contribution in [3.8, 4) is 16.9 Å². The van der Waals surface area contributed by atoms with Crippen molar-refractivity contribution in [2.75, 3.05) is 67.5 Å². The van der Waals surface area contributed by atoms with Crippen molar-refractivity contribution in [2.24, 2.45) is 0 Å². The lowest BCUT2D eigenvalue weighted by Crippen LogP contribution is -2.68. The maximum absolute atomic E-state index is 13.4. The van der Waals surface area contributed by atoms with Crippen molar-refractivity contribution in [3.05, 3.63) is 89.5 Å². The summed E-state index contributed by atoms with van der Waals surface area (Å²) in [5, 5.41) is 65.8. The third-order valence-corrected chi connectivity index (χ3v) is 15.5. The number of carboxylic acid groups (broad SMARTS) is 2. The van der Waals surface area contributed by atoms with Crippen LogP contribution in [0.1, 0.15) is 77.0 Å². The molecular weight excluding hydrogens is 1030 g/mol. The van der Waals surface area contributed by atoms with Crippen molar-refractivity contribution in [2.45, 2.75) is 82.2 Å². The molecule has 20 nitrogen and oxygen atoms in total. The Bertz CT molecular complexity index is 2270. The summed E-state index contributed by atoms with van der Waals surface area (Å²) in [7, 11) is 2.73. The number of carbonyl (C=O) groups is 7. The van der Waals surface area contributed by atoms with Crippen LogP contribution < -0.4 is 31.3 Å². The second-order valence-electron chi connectivity index (χ2n) is 16.4. The molecule has 6 atom stereocenters. The molecule has 4 rings (SSSR count). The van der Waals surface area contributed by atoms with Crippen LogP contribution in [0, 0.1) is 0 Å². The molecule has 0 saturated carbocycles. The number of thioether (sulfide) groups is 2. The summed E-state index contributed by atoms with van der Waals surface area (Å²) in [6.07, 6.45) is -6.15. The van der Waals surface area contributed by atoms with E-state index in [1.165, 1.54) is 51.5 Å². The minimum absolute atomic E-state index is 0.0191. The van der Waals surface area contributed by atoms with E-state index in [0.29, 0.717) is 29.6 Å². The number of carbonyl (C=O) groups excluding carboxylic acids is 5. The first-order chi connectivity index (χ1) is 35.0. The minimum atomic E-state index is -2.49.